The highest BCUT2D eigenvalue weighted by atomic mass is 32.1. The third-order valence-electron chi connectivity index (χ3n) is 5.23. The van der Waals surface area contributed by atoms with Crippen LogP contribution in [-0.2, 0) is 11.3 Å². The molecule has 1 aliphatic rings. The predicted molar refractivity (Wildman–Crippen MR) is 99.2 cm³/mol. The third kappa shape index (κ3) is 2.57. The van der Waals surface area contributed by atoms with Gasteiger partial charge in [-0.25, -0.2) is 4.68 Å². The Labute approximate surface area is 149 Å². The molecule has 1 aliphatic heterocycles. The Morgan fingerprint density at radius 2 is 2.00 bits per heavy atom. The predicted octanol–water partition coefficient (Wildman–Crippen LogP) is 2.81. The van der Waals surface area contributed by atoms with Crippen LogP contribution in [0.3, 0.4) is 0 Å². The fourth-order valence-corrected chi connectivity index (χ4v) is 4.86. The van der Waals surface area contributed by atoms with Gasteiger partial charge in [-0.3, -0.25) is 14.0 Å². The number of carbonyl (C=O) groups is 1. The van der Waals surface area contributed by atoms with Crippen LogP contribution in [0.2, 0.25) is 0 Å². The van der Waals surface area contributed by atoms with Crippen LogP contribution < -0.4 is 5.56 Å². The van der Waals surface area contributed by atoms with Gasteiger partial charge >= 0.3 is 0 Å². The monoisotopic (exact) mass is 358 g/mol. The standard InChI is InChI=1S/C18H22N4O2S/c1-11-5-4-6-12(2)21(11)17(23)10-20-18(24)15-9-16-14(7-8-25-16)22(15)13(3)19-20/h7-9,11-12H,4-6,10H2,1-3H3/t11-,12-/m1/s1. The number of thiophene rings is 1. The van der Waals surface area contributed by atoms with Crippen molar-refractivity contribution in [1.82, 2.24) is 19.1 Å². The van der Waals surface area contributed by atoms with Crippen molar-refractivity contribution < 1.29 is 4.79 Å². The minimum absolute atomic E-state index is 0.00365. The zero-order valence-electron chi connectivity index (χ0n) is 14.7. The van der Waals surface area contributed by atoms with Crippen LogP contribution in [0.4, 0.5) is 0 Å². The molecule has 0 aromatic carbocycles. The van der Waals surface area contributed by atoms with Gasteiger partial charge in [-0.05, 0) is 57.5 Å². The van der Waals surface area contributed by atoms with E-state index in [-0.39, 0.29) is 30.1 Å². The van der Waals surface area contributed by atoms with Gasteiger partial charge in [0.05, 0.1) is 10.2 Å². The highest BCUT2D eigenvalue weighted by molar-refractivity contribution is 7.17. The second kappa shape index (κ2) is 5.98. The Morgan fingerprint density at radius 1 is 1.28 bits per heavy atom. The van der Waals surface area contributed by atoms with Crippen LogP contribution in [0.25, 0.3) is 15.7 Å². The van der Waals surface area contributed by atoms with Crippen molar-refractivity contribution in [2.75, 3.05) is 0 Å². The maximum atomic E-state index is 12.8. The summed E-state index contributed by atoms with van der Waals surface area (Å²) in [5.41, 5.74) is 1.38. The van der Waals surface area contributed by atoms with E-state index in [0.717, 1.165) is 35.3 Å². The van der Waals surface area contributed by atoms with Crippen LogP contribution in [0.1, 0.15) is 38.9 Å². The van der Waals surface area contributed by atoms with E-state index >= 15 is 0 Å². The van der Waals surface area contributed by atoms with Gasteiger partial charge in [-0.1, -0.05) is 0 Å². The summed E-state index contributed by atoms with van der Waals surface area (Å²) >= 11 is 1.60. The van der Waals surface area contributed by atoms with E-state index in [1.807, 2.05) is 33.7 Å². The number of hydrogen-bond acceptors (Lipinski definition) is 4. The average molecular weight is 358 g/mol. The normalized spacial score (nSPS) is 21.3. The van der Waals surface area contributed by atoms with E-state index < -0.39 is 0 Å². The Kier molecular flexibility index (Phi) is 3.91. The molecule has 4 heterocycles. The van der Waals surface area contributed by atoms with Crippen molar-refractivity contribution >= 4 is 33.0 Å². The number of hydrogen-bond donors (Lipinski definition) is 0. The molecule has 2 atom stereocenters. The first-order valence-electron chi connectivity index (χ1n) is 8.75. The maximum Gasteiger partial charge on any atom is 0.291 e. The van der Waals surface area contributed by atoms with Gasteiger partial charge in [0.15, 0.2) is 0 Å². The molecular formula is C18H22N4O2S. The summed E-state index contributed by atoms with van der Waals surface area (Å²) in [6.07, 6.45) is 3.19. The van der Waals surface area contributed by atoms with Gasteiger partial charge in [0.1, 0.15) is 17.9 Å². The molecule has 0 unspecified atom stereocenters. The summed E-state index contributed by atoms with van der Waals surface area (Å²) in [5, 5.41) is 6.42. The lowest BCUT2D eigenvalue weighted by Gasteiger charge is -2.39. The number of aryl methyl sites for hydroxylation is 1. The summed E-state index contributed by atoms with van der Waals surface area (Å²) in [5.74, 6) is 0.696. The zero-order chi connectivity index (χ0) is 17.7. The van der Waals surface area contributed by atoms with Gasteiger partial charge in [-0.15, -0.1) is 11.3 Å². The van der Waals surface area contributed by atoms with Crippen molar-refractivity contribution in [2.24, 2.45) is 0 Å². The Morgan fingerprint density at radius 3 is 2.72 bits per heavy atom. The SMILES string of the molecule is Cc1nn(CC(=O)N2[C@H](C)CCC[C@H]2C)c(=O)c2cc3sccc3n12. The van der Waals surface area contributed by atoms with Crippen molar-refractivity contribution in [3.05, 3.63) is 33.7 Å². The molecule has 6 nitrogen and oxygen atoms in total. The molecule has 0 N–H and O–H groups in total. The van der Waals surface area contributed by atoms with Crippen LogP contribution in [-0.4, -0.2) is 37.1 Å². The lowest BCUT2D eigenvalue weighted by atomic mass is 9.97. The lowest BCUT2D eigenvalue weighted by Crippen LogP contribution is -2.49. The first kappa shape index (κ1) is 16.3. The number of aromatic nitrogens is 3. The molecule has 7 heteroatoms. The summed E-state index contributed by atoms with van der Waals surface area (Å²) in [6, 6.07) is 4.32. The second-order valence-electron chi connectivity index (χ2n) is 6.98. The molecule has 1 fully saturated rings. The van der Waals surface area contributed by atoms with Gasteiger partial charge in [-0.2, -0.15) is 5.10 Å². The summed E-state index contributed by atoms with van der Waals surface area (Å²) in [6.45, 7) is 6.04. The molecule has 4 rings (SSSR count). The number of rotatable bonds is 2. The molecule has 0 saturated carbocycles. The fraction of sp³-hybridized carbons (Fsp3) is 0.500. The van der Waals surface area contributed by atoms with Crippen molar-refractivity contribution in [3.63, 3.8) is 0 Å². The summed E-state index contributed by atoms with van der Waals surface area (Å²) in [7, 11) is 0. The van der Waals surface area contributed by atoms with Gasteiger partial charge in [0.2, 0.25) is 5.91 Å². The molecule has 0 radical (unpaired) electrons. The highest BCUT2D eigenvalue weighted by Crippen LogP contribution is 2.25. The second-order valence-corrected chi connectivity index (χ2v) is 7.92. The number of fused-ring (bicyclic) bond motifs is 3. The van der Waals surface area contributed by atoms with Crippen LogP contribution in [0, 0.1) is 6.92 Å². The van der Waals surface area contributed by atoms with Crippen LogP contribution in [0.5, 0.6) is 0 Å². The number of carbonyl (C=O) groups excluding carboxylic acids is 1. The van der Waals surface area contributed by atoms with Crippen molar-refractivity contribution in [3.8, 4) is 0 Å². The van der Waals surface area contributed by atoms with Gasteiger partial charge in [0.25, 0.3) is 5.56 Å². The van der Waals surface area contributed by atoms with Crippen LogP contribution in [0.15, 0.2) is 22.3 Å². The molecule has 1 amide bonds. The summed E-state index contributed by atoms with van der Waals surface area (Å²) in [4.78, 5) is 27.6. The number of piperidine rings is 1. The van der Waals surface area contributed by atoms with Crippen molar-refractivity contribution in [1.29, 1.82) is 0 Å². The van der Waals surface area contributed by atoms with Gasteiger partial charge < -0.3 is 4.90 Å². The minimum Gasteiger partial charge on any atom is -0.336 e. The molecule has 25 heavy (non-hydrogen) atoms. The number of likely N-dealkylation sites (tertiary alicyclic amines) is 1. The summed E-state index contributed by atoms with van der Waals surface area (Å²) < 4.78 is 4.26. The smallest absolute Gasteiger partial charge is 0.291 e. The molecule has 1 saturated heterocycles. The van der Waals surface area contributed by atoms with Crippen molar-refractivity contribution in [2.45, 2.75) is 58.7 Å². The molecule has 0 spiro atoms. The van der Waals surface area contributed by atoms with Crippen LogP contribution >= 0.6 is 11.3 Å². The molecule has 0 aliphatic carbocycles. The zero-order valence-corrected chi connectivity index (χ0v) is 15.5. The van der Waals surface area contributed by atoms with E-state index in [1.165, 1.54) is 4.68 Å². The van der Waals surface area contributed by atoms with E-state index in [2.05, 4.69) is 18.9 Å². The first-order chi connectivity index (χ1) is 12.0. The van der Waals surface area contributed by atoms with E-state index in [1.54, 1.807) is 11.3 Å². The average Bonchev–Trinajstić information content (AvgIpc) is 3.12. The quantitative estimate of drug-likeness (QED) is 0.708. The maximum absolute atomic E-state index is 12.8. The topological polar surface area (TPSA) is 59.6 Å². The van der Waals surface area contributed by atoms with Gasteiger partial charge in [0, 0.05) is 12.1 Å². The highest BCUT2D eigenvalue weighted by Gasteiger charge is 2.29. The Balaban J connectivity index is 1.73. The molecular weight excluding hydrogens is 336 g/mol. The molecule has 0 bridgehead atoms. The van der Waals surface area contributed by atoms with E-state index in [0.29, 0.717) is 5.52 Å². The Bertz CT molecular complexity index is 1010. The van der Waals surface area contributed by atoms with E-state index in [9.17, 15) is 9.59 Å². The fourth-order valence-electron chi connectivity index (χ4n) is 4.06. The largest absolute Gasteiger partial charge is 0.336 e. The van der Waals surface area contributed by atoms with E-state index in [4.69, 9.17) is 0 Å². The first-order valence-corrected chi connectivity index (χ1v) is 9.63. The number of amides is 1. The molecule has 3 aromatic heterocycles. The molecule has 3 aromatic rings. The molecule has 132 valence electrons. The minimum atomic E-state index is -0.209. The third-order valence-corrected chi connectivity index (χ3v) is 6.09. The number of nitrogens with zero attached hydrogens (tertiary/aromatic N) is 4. The lowest BCUT2D eigenvalue weighted by molar-refractivity contribution is -0.138. The Hall–Kier alpha value is -2.15.